The fourth-order valence-corrected chi connectivity index (χ4v) is 3.86. The van der Waals surface area contributed by atoms with E-state index in [9.17, 15) is 9.18 Å². The first-order valence-electron chi connectivity index (χ1n) is 12.5. The molecule has 0 aliphatic heterocycles. The first-order chi connectivity index (χ1) is 17.1. The maximum atomic E-state index is 13.7. The van der Waals surface area contributed by atoms with Gasteiger partial charge in [-0.25, -0.2) is 9.18 Å². The number of nitriles is 1. The molecule has 0 spiro atoms. The van der Waals surface area contributed by atoms with E-state index in [1.165, 1.54) is 63.5 Å². The minimum atomic E-state index is -0.729. The van der Waals surface area contributed by atoms with Crippen LogP contribution in [-0.4, -0.2) is 16.2 Å². The van der Waals surface area contributed by atoms with Crippen molar-refractivity contribution in [1.82, 2.24) is 10.2 Å². The molecule has 0 saturated heterocycles. The van der Waals surface area contributed by atoms with E-state index in [0.29, 0.717) is 5.56 Å². The molecule has 0 radical (unpaired) electrons. The first-order valence-corrected chi connectivity index (χ1v) is 12.5. The molecule has 6 heteroatoms. The standard InChI is InChI=1S/C29H32FN3O2/c1-2-3-4-5-6-7-8-9-10-11-25-17-19-28(33-32-25)22-12-14-23(15-13-22)29(34)35-26-18-16-24(21-31)27(30)20-26/h12-20H,2-11H2,1H3. The average molecular weight is 474 g/mol. The Kier molecular flexibility index (Phi) is 10.4. The minimum absolute atomic E-state index is 0.0454. The van der Waals surface area contributed by atoms with Crippen molar-refractivity contribution in [2.45, 2.75) is 71.1 Å². The third kappa shape index (κ3) is 8.29. The topological polar surface area (TPSA) is 75.9 Å². The molecule has 2 aromatic carbocycles. The molecule has 182 valence electrons. The van der Waals surface area contributed by atoms with E-state index in [-0.39, 0.29) is 11.3 Å². The predicted molar refractivity (Wildman–Crippen MR) is 134 cm³/mol. The Morgan fingerprint density at radius 1 is 0.886 bits per heavy atom. The van der Waals surface area contributed by atoms with E-state index in [0.717, 1.165) is 35.9 Å². The van der Waals surface area contributed by atoms with E-state index in [2.05, 4.69) is 17.1 Å². The maximum absolute atomic E-state index is 13.7. The number of aryl methyl sites for hydroxylation is 1. The highest BCUT2D eigenvalue weighted by atomic mass is 19.1. The lowest BCUT2D eigenvalue weighted by Gasteiger charge is -2.06. The summed E-state index contributed by atoms with van der Waals surface area (Å²) in [4.78, 5) is 12.4. The van der Waals surface area contributed by atoms with Gasteiger partial charge in [0, 0.05) is 11.6 Å². The second kappa shape index (κ2) is 14.0. The molecule has 1 aromatic heterocycles. The number of ether oxygens (including phenoxy) is 1. The van der Waals surface area contributed by atoms with E-state index in [4.69, 9.17) is 10.00 Å². The summed E-state index contributed by atoms with van der Waals surface area (Å²) in [5, 5.41) is 17.5. The van der Waals surface area contributed by atoms with Crippen LogP contribution in [0.3, 0.4) is 0 Å². The largest absolute Gasteiger partial charge is 0.423 e. The Labute approximate surface area is 207 Å². The lowest BCUT2D eigenvalue weighted by Crippen LogP contribution is -2.08. The maximum Gasteiger partial charge on any atom is 0.343 e. The van der Waals surface area contributed by atoms with Gasteiger partial charge in [-0.1, -0.05) is 70.4 Å². The van der Waals surface area contributed by atoms with Gasteiger partial charge >= 0.3 is 5.97 Å². The molecule has 3 aromatic rings. The molecule has 0 aliphatic rings. The van der Waals surface area contributed by atoms with E-state index in [1.54, 1.807) is 30.3 Å². The van der Waals surface area contributed by atoms with Crippen LogP contribution in [0.25, 0.3) is 11.3 Å². The zero-order valence-corrected chi connectivity index (χ0v) is 20.3. The summed E-state index contributed by atoms with van der Waals surface area (Å²) in [6.07, 6.45) is 12.6. The molecule has 0 amide bonds. The molecule has 0 bridgehead atoms. The molecule has 0 unspecified atom stereocenters. The summed E-state index contributed by atoms with van der Waals surface area (Å²) in [5.74, 6) is -1.29. The normalized spacial score (nSPS) is 10.7. The van der Waals surface area contributed by atoms with Crippen molar-refractivity contribution < 1.29 is 13.9 Å². The van der Waals surface area contributed by atoms with Crippen LogP contribution in [0, 0.1) is 17.1 Å². The lowest BCUT2D eigenvalue weighted by atomic mass is 10.1. The highest BCUT2D eigenvalue weighted by Gasteiger charge is 2.11. The van der Waals surface area contributed by atoms with Crippen LogP contribution in [0.15, 0.2) is 54.6 Å². The van der Waals surface area contributed by atoms with Gasteiger partial charge in [0.25, 0.3) is 0 Å². The van der Waals surface area contributed by atoms with Crippen molar-refractivity contribution in [1.29, 1.82) is 5.26 Å². The highest BCUT2D eigenvalue weighted by molar-refractivity contribution is 5.91. The van der Waals surface area contributed by atoms with Crippen LogP contribution in [0.2, 0.25) is 0 Å². The number of aromatic nitrogens is 2. The average Bonchev–Trinajstić information content (AvgIpc) is 2.88. The van der Waals surface area contributed by atoms with Crippen LogP contribution in [-0.2, 0) is 6.42 Å². The first kappa shape index (κ1) is 26.0. The summed E-state index contributed by atoms with van der Waals surface area (Å²) in [7, 11) is 0. The van der Waals surface area contributed by atoms with Crippen molar-refractivity contribution in [2.75, 3.05) is 0 Å². The minimum Gasteiger partial charge on any atom is -0.423 e. The molecule has 0 aliphatic carbocycles. The smallest absolute Gasteiger partial charge is 0.343 e. The van der Waals surface area contributed by atoms with Crippen LogP contribution in [0.4, 0.5) is 4.39 Å². The molecule has 5 nitrogen and oxygen atoms in total. The van der Waals surface area contributed by atoms with Gasteiger partial charge in [-0.2, -0.15) is 15.5 Å². The molecule has 35 heavy (non-hydrogen) atoms. The fourth-order valence-electron chi connectivity index (χ4n) is 3.86. The summed E-state index contributed by atoms with van der Waals surface area (Å²) in [6.45, 7) is 2.25. The van der Waals surface area contributed by atoms with E-state index < -0.39 is 11.8 Å². The van der Waals surface area contributed by atoms with Gasteiger partial charge in [0.05, 0.1) is 22.5 Å². The van der Waals surface area contributed by atoms with Gasteiger partial charge < -0.3 is 4.74 Å². The summed E-state index contributed by atoms with van der Waals surface area (Å²) < 4.78 is 18.9. The summed E-state index contributed by atoms with van der Waals surface area (Å²) in [5.41, 5.74) is 2.79. The molecule has 1 heterocycles. The third-order valence-corrected chi connectivity index (χ3v) is 5.94. The summed E-state index contributed by atoms with van der Waals surface area (Å²) in [6, 6.07) is 16.2. The Hall–Kier alpha value is -3.59. The highest BCUT2D eigenvalue weighted by Crippen LogP contribution is 2.20. The number of carbonyl (C=O) groups excluding carboxylic acids is 1. The second-order valence-corrected chi connectivity index (χ2v) is 8.71. The van der Waals surface area contributed by atoms with Crippen LogP contribution < -0.4 is 4.74 Å². The number of hydrogen-bond donors (Lipinski definition) is 0. The third-order valence-electron chi connectivity index (χ3n) is 5.94. The molecular formula is C29H32FN3O2. The van der Waals surface area contributed by atoms with Gasteiger partial charge in [0.15, 0.2) is 0 Å². The van der Waals surface area contributed by atoms with Crippen LogP contribution >= 0.6 is 0 Å². The van der Waals surface area contributed by atoms with E-state index >= 15 is 0 Å². The van der Waals surface area contributed by atoms with Crippen molar-refractivity contribution in [2.24, 2.45) is 0 Å². The lowest BCUT2D eigenvalue weighted by molar-refractivity contribution is 0.0734. The SMILES string of the molecule is CCCCCCCCCCCc1ccc(-c2ccc(C(=O)Oc3ccc(C#N)c(F)c3)cc2)nn1. The van der Waals surface area contributed by atoms with Gasteiger partial charge in [0.1, 0.15) is 17.6 Å². The Balaban J connectivity index is 1.45. The van der Waals surface area contributed by atoms with Gasteiger partial charge in [-0.15, -0.1) is 0 Å². The molecule has 0 N–H and O–H groups in total. The van der Waals surface area contributed by atoms with Crippen LogP contribution in [0.5, 0.6) is 5.75 Å². The molecular weight excluding hydrogens is 441 g/mol. The number of esters is 1. The Bertz CT molecular complexity index is 1120. The van der Waals surface area contributed by atoms with Crippen molar-refractivity contribution in [3.05, 3.63) is 77.2 Å². The van der Waals surface area contributed by atoms with Gasteiger partial charge in [0.2, 0.25) is 0 Å². The number of benzene rings is 2. The Morgan fingerprint density at radius 3 is 2.17 bits per heavy atom. The summed E-state index contributed by atoms with van der Waals surface area (Å²) >= 11 is 0. The van der Waals surface area contributed by atoms with Crippen LogP contribution in [0.1, 0.15) is 86.3 Å². The number of carbonyl (C=O) groups is 1. The number of halogens is 1. The molecule has 0 saturated carbocycles. The number of unbranched alkanes of at least 4 members (excludes halogenated alkanes) is 8. The Morgan fingerprint density at radius 2 is 1.57 bits per heavy atom. The van der Waals surface area contributed by atoms with Crippen molar-refractivity contribution >= 4 is 5.97 Å². The van der Waals surface area contributed by atoms with Crippen molar-refractivity contribution in [3.63, 3.8) is 0 Å². The second-order valence-electron chi connectivity index (χ2n) is 8.71. The van der Waals surface area contributed by atoms with Crippen molar-refractivity contribution in [3.8, 4) is 23.1 Å². The predicted octanol–water partition coefficient (Wildman–Crippen LogP) is 7.45. The number of rotatable bonds is 13. The zero-order valence-electron chi connectivity index (χ0n) is 20.3. The number of nitrogens with zero attached hydrogens (tertiary/aromatic N) is 3. The monoisotopic (exact) mass is 473 g/mol. The fraction of sp³-hybridized carbons (Fsp3) is 0.379. The van der Waals surface area contributed by atoms with E-state index in [1.807, 2.05) is 12.1 Å². The molecule has 0 fully saturated rings. The van der Waals surface area contributed by atoms with Gasteiger partial charge in [-0.05, 0) is 49.2 Å². The number of hydrogen-bond acceptors (Lipinski definition) is 5. The molecule has 0 atom stereocenters. The zero-order chi connectivity index (χ0) is 24.9. The quantitative estimate of drug-likeness (QED) is 0.146. The van der Waals surface area contributed by atoms with Gasteiger partial charge in [-0.3, -0.25) is 0 Å². The molecule has 3 rings (SSSR count).